The summed E-state index contributed by atoms with van der Waals surface area (Å²) in [5, 5.41) is 9.43. The minimum Gasteiger partial charge on any atom is -0.505 e. The normalized spacial score (nSPS) is 10.6. The van der Waals surface area contributed by atoms with E-state index in [9.17, 15) is 14.7 Å². The minimum absolute atomic E-state index is 0.0205. The molecular weight excluding hydrogens is 281 g/mol. The first kappa shape index (κ1) is 12.7. The maximum atomic E-state index is 11.8. The van der Waals surface area contributed by atoms with Gasteiger partial charge in [0.15, 0.2) is 11.2 Å². The fourth-order valence-corrected chi connectivity index (χ4v) is 2.10. The van der Waals surface area contributed by atoms with Crippen molar-refractivity contribution in [3.63, 3.8) is 0 Å². The maximum absolute atomic E-state index is 11.8. The number of pyridine rings is 1. The number of methoxy groups -OCH3 is 1. The summed E-state index contributed by atoms with van der Waals surface area (Å²) in [6.07, 6.45) is 0. The van der Waals surface area contributed by atoms with Gasteiger partial charge in [0, 0.05) is 6.07 Å². The Balaban J connectivity index is 2.87. The van der Waals surface area contributed by atoms with Gasteiger partial charge in [-0.2, -0.15) is 0 Å². The van der Waals surface area contributed by atoms with E-state index in [1.165, 1.54) is 13.2 Å². The molecule has 2 aromatic rings. The van der Waals surface area contributed by atoms with Crippen LogP contribution < -0.4 is 5.43 Å². The molecule has 18 heavy (non-hydrogen) atoms. The SMILES string of the molecule is COC(=O)c1cc(=O)c2c(Cl)c(O)c(Cl)cc2[nH]1. The lowest BCUT2D eigenvalue weighted by Crippen LogP contribution is -2.11. The van der Waals surface area contributed by atoms with Crippen LogP contribution in [0, 0.1) is 0 Å². The van der Waals surface area contributed by atoms with Crippen LogP contribution >= 0.6 is 23.2 Å². The van der Waals surface area contributed by atoms with Crippen molar-refractivity contribution >= 4 is 40.1 Å². The Kier molecular flexibility index (Phi) is 3.19. The lowest BCUT2D eigenvalue weighted by atomic mass is 10.2. The Bertz CT molecular complexity index is 708. The van der Waals surface area contributed by atoms with Crippen LogP contribution in [0.1, 0.15) is 10.5 Å². The number of fused-ring (bicyclic) bond motifs is 1. The number of hydrogen-bond acceptors (Lipinski definition) is 4. The van der Waals surface area contributed by atoms with E-state index >= 15 is 0 Å². The molecule has 1 aromatic heterocycles. The van der Waals surface area contributed by atoms with Crippen molar-refractivity contribution in [2.45, 2.75) is 0 Å². The minimum atomic E-state index is -0.686. The van der Waals surface area contributed by atoms with Gasteiger partial charge in [-0.1, -0.05) is 23.2 Å². The number of ether oxygens (including phenoxy) is 1. The van der Waals surface area contributed by atoms with Crippen molar-refractivity contribution in [1.82, 2.24) is 4.98 Å². The molecule has 7 heteroatoms. The van der Waals surface area contributed by atoms with Crippen molar-refractivity contribution in [2.24, 2.45) is 0 Å². The van der Waals surface area contributed by atoms with Crippen molar-refractivity contribution in [3.8, 4) is 5.75 Å². The number of H-pyrrole nitrogens is 1. The molecule has 1 heterocycles. The van der Waals surface area contributed by atoms with Gasteiger partial charge in [0.1, 0.15) is 5.69 Å². The molecule has 94 valence electrons. The fourth-order valence-electron chi connectivity index (χ4n) is 1.55. The molecule has 5 nitrogen and oxygen atoms in total. The number of nitrogens with one attached hydrogen (secondary N) is 1. The summed E-state index contributed by atoms with van der Waals surface area (Å²) in [6.45, 7) is 0. The summed E-state index contributed by atoms with van der Waals surface area (Å²) in [5.41, 5.74) is -0.287. The van der Waals surface area contributed by atoms with E-state index in [-0.39, 0.29) is 32.4 Å². The number of aromatic nitrogens is 1. The molecule has 0 aliphatic rings. The average Bonchev–Trinajstić information content (AvgIpc) is 2.34. The lowest BCUT2D eigenvalue weighted by Gasteiger charge is -2.06. The zero-order valence-corrected chi connectivity index (χ0v) is 10.6. The molecule has 0 fully saturated rings. The number of aromatic hydroxyl groups is 1. The van der Waals surface area contributed by atoms with Crippen molar-refractivity contribution in [1.29, 1.82) is 0 Å². The number of phenols is 1. The van der Waals surface area contributed by atoms with E-state index < -0.39 is 11.4 Å². The Labute approximate surface area is 111 Å². The van der Waals surface area contributed by atoms with Gasteiger partial charge in [-0.05, 0) is 6.07 Å². The molecule has 0 aliphatic heterocycles. The number of carbonyl (C=O) groups excluding carboxylic acids is 1. The van der Waals surface area contributed by atoms with Crippen molar-refractivity contribution in [2.75, 3.05) is 7.11 Å². The Hall–Kier alpha value is -1.72. The molecule has 0 bridgehead atoms. The van der Waals surface area contributed by atoms with Gasteiger partial charge in [0.2, 0.25) is 0 Å². The summed E-state index contributed by atoms with van der Waals surface area (Å²) in [4.78, 5) is 25.8. The topological polar surface area (TPSA) is 79.4 Å². The molecule has 0 atom stereocenters. The molecular formula is C11H7Cl2NO4. The third-order valence-electron chi connectivity index (χ3n) is 2.39. The quantitative estimate of drug-likeness (QED) is 0.789. The van der Waals surface area contributed by atoms with Crippen molar-refractivity contribution in [3.05, 3.63) is 38.1 Å². The Morgan fingerprint density at radius 1 is 1.39 bits per heavy atom. The van der Waals surface area contributed by atoms with E-state index in [0.717, 1.165) is 6.07 Å². The van der Waals surface area contributed by atoms with E-state index in [2.05, 4.69) is 9.72 Å². The number of aromatic amines is 1. The zero-order chi connectivity index (χ0) is 13.4. The van der Waals surface area contributed by atoms with Crippen molar-refractivity contribution < 1.29 is 14.6 Å². The first-order valence-electron chi connectivity index (χ1n) is 4.78. The highest BCUT2D eigenvalue weighted by atomic mass is 35.5. The number of carbonyl (C=O) groups is 1. The van der Waals surface area contributed by atoms with Crippen LogP contribution in [-0.2, 0) is 4.74 Å². The molecule has 0 saturated carbocycles. The molecule has 2 rings (SSSR count). The second-order valence-corrected chi connectivity index (χ2v) is 4.27. The van der Waals surface area contributed by atoms with Crippen LogP contribution in [0.15, 0.2) is 16.9 Å². The zero-order valence-electron chi connectivity index (χ0n) is 9.08. The smallest absolute Gasteiger partial charge is 0.354 e. The molecule has 0 saturated heterocycles. The maximum Gasteiger partial charge on any atom is 0.354 e. The van der Waals surface area contributed by atoms with Gasteiger partial charge in [-0.15, -0.1) is 0 Å². The highest BCUT2D eigenvalue weighted by Gasteiger charge is 2.16. The second kappa shape index (κ2) is 4.51. The van der Waals surface area contributed by atoms with Gasteiger partial charge in [0.25, 0.3) is 0 Å². The summed E-state index contributed by atoms with van der Waals surface area (Å²) in [6, 6.07) is 2.36. The Morgan fingerprint density at radius 2 is 2.06 bits per heavy atom. The highest BCUT2D eigenvalue weighted by molar-refractivity contribution is 6.40. The molecule has 0 unspecified atom stereocenters. The first-order chi connectivity index (χ1) is 8.45. The molecule has 1 aromatic carbocycles. The second-order valence-electron chi connectivity index (χ2n) is 3.48. The van der Waals surface area contributed by atoms with Crippen LogP contribution in [0.3, 0.4) is 0 Å². The first-order valence-corrected chi connectivity index (χ1v) is 5.53. The van der Waals surface area contributed by atoms with Gasteiger partial charge < -0.3 is 14.8 Å². The number of rotatable bonds is 1. The largest absolute Gasteiger partial charge is 0.505 e. The number of hydrogen-bond donors (Lipinski definition) is 2. The molecule has 2 N–H and O–H groups in total. The van der Waals surface area contributed by atoms with Crippen LogP contribution in [-0.4, -0.2) is 23.2 Å². The number of halogens is 2. The summed E-state index contributed by atoms with van der Waals surface area (Å²) in [5.74, 6) is -1.06. The fraction of sp³-hybridized carbons (Fsp3) is 0.0909. The van der Waals surface area contributed by atoms with E-state index in [1.54, 1.807) is 0 Å². The molecule has 0 spiro atoms. The van der Waals surface area contributed by atoms with Crippen LogP contribution in [0.4, 0.5) is 0 Å². The van der Waals surface area contributed by atoms with Gasteiger partial charge in [-0.25, -0.2) is 4.79 Å². The predicted octanol–water partition coefficient (Wildman–Crippen LogP) is 2.33. The summed E-state index contributed by atoms with van der Waals surface area (Å²) >= 11 is 11.6. The lowest BCUT2D eigenvalue weighted by molar-refractivity contribution is 0.0594. The van der Waals surface area contributed by atoms with E-state index in [0.29, 0.717) is 0 Å². The molecule has 0 aliphatic carbocycles. The highest BCUT2D eigenvalue weighted by Crippen LogP contribution is 2.36. The molecule has 0 amide bonds. The van der Waals surface area contributed by atoms with Crippen LogP contribution in [0.5, 0.6) is 5.75 Å². The van der Waals surface area contributed by atoms with Crippen LogP contribution in [0.2, 0.25) is 10.0 Å². The van der Waals surface area contributed by atoms with E-state index in [4.69, 9.17) is 23.2 Å². The summed E-state index contributed by atoms with van der Waals surface area (Å²) < 4.78 is 4.50. The summed E-state index contributed by atoms with van der Waals surface area (Å²) in [7, 11) is 1.20. The number of benzene rings is 1. The van der Waals surface area contributed by atoms with Gasteiger partial charge in [-0.3, -0.25) is 4.79 Å². The predicted molar refractivity (Wildman–Crippen MR) is 67.6 cm³/mol. The number of phenolic OH excluding ortho intramolecular Hbond substituents is 1. The van der Waals surface area contributed by atoms with E-state index in [1.807, 2.05) is 0 Å². The van der Waals surface area contributed by atoms with Gasteiger partial charge in [0.05, 0.1) is 28.1 Å². The third-order valence-corrected chi connectivity index (χ3v) is 3.05. The Morgan fingerprint density at radius 3 is 2.67 bits per heavy atom. The standard InChI is InChI=1S/C11H7Cl2NO4/c1-18-11(17)6-3-7(15)8-5(14-6)2-4(12)10(16)9(8)13/h2-3,16H,1H3,(H,14,15). The van der Waals surface area contributed by atoms with Gasteiger partial charge >= 0.3 is 5.97 Å². The monoisotopic (exact) mass is 287 g/mol. The number of esters is 1. The average molecular weight is 288 g/mol. The third kappa shape index (κ3) is 1.91. The van der Waals surface area contributed by atoms with Crippen LogP contribution in [0.25, 0.3) is 10.9 Å². The molecule has 0 radical (unpaired) electrons.